The number of nitrogens with one attached hydrogen (secondary N) is 1. The van der Waals surface area contributed by atoms with E-state index in [1.807, 2.05) is 30.3 Å². The van der Waals surface area contributed by atoms with Crippen LogP contribution in [0.3, 0.4) is 0 Å². The molecule has 2 aromatic rings. The lowest BCUT2D eigenvalue weighted by atomic mass is 9.83. The van der Waals surface area contributed by atoms with Gasteiger partial charge in [-0.1, -0.05) is 61.7 Å². The average Bonchev–Trinajstić information content (AvgIpc) is 2.64. The second kappa shape index (κ2) is 7.77. The van der Waals surface area contributed by atoms with E-state index in [4.69, 9.17) is 0 Å². The predicted octanol–water partition coefficient (Wildman–Crippen LogP) is 4.11. The van der Waals surface area contributed by atoms with Crippen molar-refractivity contribution in [1.29, 1.82) is 0 Å². The number of amides is 1. The van der Waals surface area contributed by atoms with E-state index in [0.717, 1.165) is 24.1 Å². The highest BCUT2D eigenvalue weighted by Crippen LogP contribution is 2.27. The number of carbonyl (C=O) groups excluding carboxylic acids is 1. The van der Waals surface area contributed by atoms with Crippen LogP contribution in [0.25, 0.3) is 0 Å². The lowest BCUT2D eigenvalue weighted by molar-refractivity contribution is 0.0952. The molecule has 0 atom stereocenters. The molecule has 1 fully saturated rings. The first-order valence-corrected chi connectivity index (χ1v) is 8.47. The van der Waals surface area contributed by atoms with Gasteiger partial charge in [-0.25, -0.2) is 5.43 Å². The molecule has 0 bridgehead atoms. The van der Waals surface area contributed by atoms with E-state index < -0.39 is 5.91 Å². The fourth-order valence-corrected chi connectivity index (χ4v) is 3.21. The quantitative estimate of drug-likeness (QED) is 0.657. The lowest BCUT2D eigenvalue weighted by Gasteiger charge is -2.23. The van der Waals surface area contributed by atoms with Gasteiger partial charge in [-0.3, -0.25) is 4.79 Å². The first-order valence-electron chi connectivity index (χ1n) is 8.47. The molecule has 0 heterocycles. The molecule has 0 unspecified atom stereocenters. The summed E-state index contributed by atoms with van der Waals surface area (Å²) >= 11 is 0. The minimum atomic E-state index is -0.391. The Balaban J connectivity index is 1.84. The number of nitrogens with zero attached hydrogens (tertiary/aromatic N) is 1. The summed E-state index contributed by atoms with van der Waals surface area (Å²) in [5, 5.41) is 14.2. The summed E-state index contributed by atoms with van der Waals surface area (Å²) in [6, 6.07) is 16.5. The third-order valence-corrected chi connectivity index (χ3v) is 4.49. The highest BCUT2D eigenvalue weighted by atomic mass is 16.3. The fourth-order valence-electron chi connectivity index (χ4n) is 3.21. The van der Waals surface area contributed by atoms with Crippen molar-refractivity contribution in [2.45, 2.75) is 32.1 Å². The van der Waals surface area contributed by atoms with Crippen LogP contribution in [0.4, 0.5) is 0 Å². The van der Waals surface area contributed by atoms with Gasteiger partial charge in [0, 0.05) is 5.92 Å². The van der Waals surface area contributed by atoms with Crippen LogP contribution in [0.5, 0.6) is 5.75 Å². The van der Waals surface area contributed by atoms with Gasteiger partial charge in [-0.15, -0.1) is 0 Å². The molecule has 24 heavy (non-hydrogen) atoms. The van der Waals surface area contributed by atoms with E-state index in [1.165, 1.54) is 25.3 Å². The van der Waals surface area contributed by atoms with Gasteiger partial charge in [0.25, 0.3) is 5.91 Å². The van der Waals surface area contributed by atoms with Crippen molar-refractivity contribution in [2.24, 2.45) is 11.0 Å². The molecule has 2 aromatic carbocycles. The second-order valence-corrected chi connectivity index (χ2v) is 6.16. The second-order valence-electron chi connectivity index (χ2n) is 6.16. The Morgan fingerprint density at radius 3 is 2.33 bits per heavy atom. The van der Waals surface area contributed by atoms with E-state index in [0.29, 0.717) is 5.92 Å². The van der Waals surface area contributed by atoms with E-state index in [-0.39, 0.29) is 11.3 Å². The number of carbonyl (C=O) groups is 1. The maximum Gasteiger partial charge on any atom is 0.275 e. The molecular formula is C20H22N2O2. The van der Waals surface area contributed by atoms with Crippen molar-refractivity contribution in [2.75, 3.05) is 0 Å². The molecule has 0 aromatic heterocycles. The molecule has 2 N–H and O–H groups in total. The molecule has 4 nitrogen and oxygen atoms in total. The number of benzene rings is 2. The molecular weight excluding hydrogens is 300 g/mol. The van der Waals surface area contributed by atoms with Crippen LogP contribution >= 0.6 is 0 Å². The molecule has 4 heteroatoms. The van der Waals surface area contributed by atoms with Gasteiger partial charge in [0.05, 0.1) is 11.3 Å². The summed E-state index contributed by atoms with van der Waals surface area (Å²) < 4.78 is 0. The Bertz CT molecular complexity index is 719. The highest BCUT2D eigenvalue weighted by Gasteiger charge is 2.21. The molecule has 1 aliphatic carbocycles. The SMILES string of the molecule is O=C(NN=C(c1ccccc1)C1CCCCC1)c1ccccc1O. The zero-order chi connectivity index (χ0) is 16.8. The van der Waals surface area contributed by atoms with Crippen molar-refractivity contribution in [3.8, 4) is 5.75 Å². The Hall–Kier alpha value is -2.62. The highest BCUT2D eigenvalue weighted by molar-refractivity contribution is 6.04. The number of phenols is 1. The third kappa shape index (κ3) is 3.82. The number of hydrazone groups is 1. The van der Waals surface area contributed by atoms with Gasteiger partial charge in [-0.05, 0) is 30.5 Å². The zero-order valence-corrected chi connectivity index (χ0v) is 13.6. The largest absolute Gasteiger partial charge is 0.507 e. The normalized spacial score (nSPS) is 15.9. The molecule has 0 saturated heterocycles. The zero-order valence-electron chi connectivity index (χ0n) is 13.6. The summed E-state index contributed by atoms with van der Waals surface area (Å²) in [6.45, 7) is 0. The van der Waals surface area contributed by atoms with Crippen LogP contribution < -0.4 is 5.43 Å². The van der Waals surface area contributed by atoms with Gasteiger partial charge >= 0.3 is 0 Å². The van der Waals surface area contributed by atoms with Gasteiger partial charge in [0.15, 0.2) is 0 Å². The summed E-state index contributed by atoms with van der Waals surface area (Å²) in [6.07, 6.45) is 5.86. The van der Waals surface area contributed by atoms with Crippen molar-refractivity contribution in [3.63, 3.8) is 0 Å². The molecule has 1 aliphatic rings. The maximum atomic E-state index is 12.3. The fraction of sp³-hybridized carbons (Fsp3) is 0.300. The van der Waals surface area contributed by atoms with Crippen molar-refractivity contribution < 1.29 is 9.90 Å². The molecule has 0 aliphatic heterocycles. The molecule has 3 rings (SSSR count). The Morgan fingerprint density at radius 1 is 0.958 bits per heavy atom. The lowest BCUT2D eigenvalue weighted by Crippen LogP contribution is -2.25. The number of hydrogen-bond donors (Lipinski definition) is 2. The number of rotatable bonds is 4. The predicted molar refractivity (Wildman–Crippen MR) is 95.1 cm³/mol. The molecule has 1 saturated carbocycles. The van der Waals surface area contributed by atoms with Gasteiger partial charge in [0.1, 0.15) is 5.75 Å². The summed E-state index contributed by atoms with van der Waals surface area (Å²) in [5.41, 5.74) is 4.83. The van der Waals surface area contributed by atoms with Crippen LogP contribution in [0, 0.1) is 5.92 Å². The first kappa shape index (κ1) is 16.2. The number of phenolic OH excluding ortho intramolecular Hbond substituents is 1. The Kier molecular flexibility index (Phi) is 5.26. The summed E-state index contributed by atoms with van der Waals surface area (Å²) in [5.74, 6) is -0.0627. The van der Waals surface area contributed by atoms with Crippen LogP contribution in [-0.4, -0.2) is 16.7 Å². The number of hydrogen-bond acceptors (Lipinski definition) is 3. The van der Waals surface area contributed by atoms with Crippen LogP contribution in [0.2, 0.25) is 0 Å². The van der Waals surface area contributed by atoms with Gasteiger partial charge in [0.2, 0.25) is 0 Å². The van der Waals surface area contributed by atoms with E-state index in [2.05, 4.69) is 10.5 Å². The standard InChI is InChI=1S/C20H22N2O2/c23-18-14-8-7-13-17(18)20(24)22-21-19(15-9-3-1-4-10-15)16-11-5-2-6-12-16/h1,3-4,7-10,13-14,16,23H,2,5-6,11-12H2,(H,22,24). The summed E-state index contributed by atoms with van der Waals surface area (Å²) in [7, 11) is 0. The van der Waals surface area contributed by atoms with Gasteiger partial charge < -0.3 is 5.11 Å². The minimum absolute atomic E-state index is 0.0378. The summed E-state index contributed by atoms with van der Waals surface area (Å²) in [4.78, 5) is 12.3. The monoisotopic (exact) mass is 322 g/mol. The smallest absolute Gasteiger partial charge is 0.275 e. The molecule has 124 valence electrons. The van der Waals surface area contributed by atoms with Crippen LogP contribution in [0.15, 0.2) is 59.7 Å². The van der Waals surface area contributed by atoms with E-state index in [1.54, 1.807) is 18.2 Å². The average molecular weight is 322 g/mol. The maximum absolute atomic E-state index is 12.3. The number of aromatic hydroxyl groups is 1. The first-order chi connectivity index (χ1) is 11.8. The minimum Gasteiger partial charge on any atom is -0.507 e. The van der Waals surface area contributed by atoms with Crippen LogP contribution in [-0.2, 0) is 0 Å². The van der Waals surface area contributed by atoms with E-state index >= 15 is 0 Å². The molecule has 0 spiro atoms. The topological polar surface area (TPSA) is 61.7 Å². The van der Waals surface area contributed by atoms with Crippen molar-refractivity contribution in [3.05, 3.63) is 65.7 Å². The Labute approximate surface area is 142 Å². The van der Waals surface area contributed by atoms with E-state index in [9.17, 15) is 9.90 Å². The van der Waals surface area contributed by atoms with Gasteiger partial charge in [-0.2, -0.15) is 5.10 Å². The molecule has 1 amide bonds. The van der Waals surface area contributed by atoms with Crippen LogP contribution in [0.1, 0.15) is 48.0 Å². The third-order valence-electron chi connectivity index (χ3n) is 4.49. The van der Waals surface area contributed by atoms with Crippen molar-refractivity contribution in [1.82, 2.24) is 5.43 Å². The Morgan fingerprint density at radius 2 is 1.62 bits per heavy atom. The number of para-hydroxylation sites is 1. The van der Waals surface area contributed by atoms with Crippen molar-refractivity contribution >= 4 is 11.6 Å². The molecule has 0 radical (unpaired) electrons.